The average molecular weight is 398 g/mol. The zero-order valence-electron chi connectivity index (χ0n) is 17.5. The molecule has 3 heterocycles. The molecule has 0 saturated carbocycles. The normalized spacial score (nSPS) is 18.3. The Bertz CT molecular complexity index is 889. The van der Waals surface area contributed by atoms with Crippen molar-refractivity contribution in [1.29, 1.82) is 0 Å². The van der Waals surface area contributed by atoms with E-state index in [1.165, 1.54) is 5.56 Å². The summed E-state index contributed by atoms with van der Waals surface area (Å²) >= 11 is 0. The van der Waals surface area contributed by atoms with E-state index in [2.05, 4.69) is 38.9 Å². The Morgan fingerprint density at radius 1 is 1.07 bits per heavy atom. The lowest BCUT2D eigenvalue weighted by molar-refractivity contribution is 0.268. The Morgan fingerprint density at radius 2 is 1.83 bits per heavy atom. The highest BCUT2D eigenvalue weighted by Gasteiger charge is 2.22. The minimum Gasteiger partial charge on any atom is -0.494 e. The number of rotatable bonds is 5. The zero-order chi connectivity index (χ0) is 20.2. The summed E-state index contributed by atoms with van der Waals surface area (Å²) in [6.07, 6.45) is 1.54. The van der Waals surface area contributed by atoms with Crippen molar-refractivity contribution in [3.8, 4) is 5.75 Å². The van der Waals surface area contributed by atoms with Crippen LogP contribution >= 0.6 is 0 Å². The second-order valence-electron chi connectivity index (χ2n) is 7.92. The first kappa shape index (κ1) is 19.9. The summed E-state index contributed by atoms with van der Waals surface area (Å²) < 4.78 is 5.78. The molecule has 0 bridgehead atoms. The van der Waals surface area contributed by atoms with Crippen LogP contribution in [0.2, 0.25) is 0 Å². The van der Waals surface area contributed by atoms with E-state index >= 15 is 0 Å². The van der Waals surface area contributed by atoms with Crippen molar-refractivity contribution in [3.05, 3.63) is 51.4 Å². The summed E-state index contributed by atoms with van der Waals surface area (Å²) in [6.45, 7) is 9.04. The summed E-state index contributed by atoms with van der Waals surface area (Å²) in [7, 11) is 2.13. The second kappa shape index (κ2) is 8.97. The number of anilines is 1. The average Bonchev–Trinajstić information content (AvgIpc) is 2.93. The van der Waals surface area contributed by atoms with E-state index < -0.39 is 0 Å². The predicted molar refractivity (Wildman–Crippen MR) is 115 cm³/mol. The molecule has 7 nitrogen and oxygen atoms in total. The minimum atomic E-state index is 0.0282. The van der Waals surface area contributed by atoms with Gasteiger partial charge in [0.05, 0.1) is 12.3 Å². The first-order chi connectivity index (χ1) is 14.1. The van der Waals surface area contributed by atoms with E-state index in [0.717, 1.165) is 81.6 Å². The lowest BCUT2D eigenvalue weighted by Gasteiger charge is -2.32. The van der Waals surface area contributed by atoms with Crippen molar-refractivity contribution in [2.75, 3.05) is 57.8 Å². The highest BCUT2D eigenvalue weighted by atomic mass is 16.5. The third-order valence-electron chi connectivity index (χ3n) is 5.90. The highest BCUT2D eigenvalue weighted by molar-refractivity contribution is 5.36. The number of aromatic amines is 1. The van der Waals surface area contributed by atoms with Gasteiger partial charge in [-0.05, 0) is 26.5 Å². The topological polar surface area (TPSA) is 64.7 Å². The molecule has 1 fully saturated rings. The van der Waals surface area contributed by atoms with Gasteiger partial charge in [-0.3, -0.25) is 14.7 Å². The van der Waals surface area contributed by atoms with Crippen LogP contribution in [0.1, 0.15) is 23.7 Å². The number of hydrogen-bond acceptors (Lipinski definition) is 6. The van der Waals surface area contributed by atoms with Crippen molar-refractivity contribution in [3.63, 3.8) is 0 Å². The molecule has 0 unspecified atom stereocenters. The second-order valence-corrected chi connectivity index (χ2v) is 7.92. The molecule has 4 rings (SSSR count). The third kappa shape index (κ3) is 4.62. The minimum absolute atomic E-state index is 0.0282. The van der Waals surface area contributed by atoms with Crippen LogP contribution in [0, 0.1) is 0 Å². The number of nitrogens with zero attached hydrogens (tertiary/aromatic N) is 4. The SMILES string of the molecule is CCOc1ccccc1CN1CCc2nc(N3CCN(C)CC3)[nH]c(=O)c2CC1. The molecule has 0 amide bonds. The molecule has 29 heavy (non-hydrogen) atoms. The molecular weight excluding hydrogens is 366 g/mol. The van der Waals surface area contributed by atoms with E-state index in [9.17, 15) is 4.79 Å². The Labute approximate surface area is 172 Å². The zero-order valence-corrected chi connectivity index (χ0v) is 17.5. The molecular formula is C22H31N5O2. The number of ether oxygens (including phenoxy) is 1. The summed E-state index contributed by atoms with van der Waals surface area (Å²) in [5, 5.41) is 0. The Morgan fingerprint density at radius 3 is 2.62 bits per heavy atom. The first-order valence-electron chi connectivity index (χ1n) is 10.6. The van der Waals surface area contributed by atoms with E-state index in [1.807, 2.05) is 19.1 Å². The van der Waals surface area contributed by atoms with Gasteiger partial charge in [0.2, 0.25) is 5.95 Å². The quantitative estimate of drug-likeness (QED) is 0.825. The number of benzene rings is 1. The lowest BCUT2D eigenvalue weighted by Crippen LogP contribution is -2.45. The molecule has 156 valence electrons. The number of hydrogen-bond donors (Lipinski definition) is 1. The Kier molecular flexibility index (Phi) is 6.16. The van der Waals surface area contributed by atoms with Crippen LogP contribution in [-0.4, -0.2) is 72.7 Å². The molecule has 1 aromatic heterocycles. The van der Waals surface area contributed by atoms with Crippen LogP contribution < -0.4 is 15.2 Å². The van der Waals surface area contributed by atoms with Crippen molar-refractivity contribution in [2.24, 2.45) is 0 Å². The van der Waals surface area contributed by atoms with E-state index in [-0.39, 0.29) is 5.56 Å². The molecule has 1 aromatic carbocycles. The molecule has 1 saturated heterocycles. The van der Waals surface area contributed by atoms with Gasteiger partial charge in [0, 0.05) is 63.4 Å². The number of fused-ring (bicyclic) bond motifs is 1. The lowest BCUT2D eigenvalue weighted by atomic mass is 10.1. The summed E-state index contributed by atoms with van der Waals surface area (Å²) in [4.78, 5) is 27.6. The Balaban J connectivity index is 1.48. The number of nitrogens with one attached hydrogen (secondary N) is 1. The summed E-state index contributed by atoms with van der Waals surface area (Å²) in [5.74, 6) is 1.68. The van der Waals surface area contributed by atoms with Gasteiger partial charge >= 0.3 is 0 Å². The van der Waals surface area contributed by atoms with Crippen LogP contribution in [0.3, 0.4) is 0 Å². The standard InChI is InChI=1S/C22H31N5O2/c1-3-29-20-7-5-4-6-17(20)16-26-10-8-18-19(9-11-26)23-22(24-21(18)28)27-14-12-25(2)13-15-27/h4-7H,3,8-16H2,1-2H3,(H,23,24,28). The van der Waals surface area contributed by atoms with Gasteiger partial charge in [-0.2, -0.15) is 0 Å². The molecule has 1 N–H and O–H groups in total. The van der Waals surface area contributed by atoms with Crippen LogP contribution in [0.25, 0.3) is 0 Å². The fourth-order valence-corrected chi connectivity index (χ4v) is 4.14. The molecule has 0 radical (unpaired) electrons. The molecule has 2 aromatic rings. The van der Waals surface area contributed by atoms with Gasteiger partial charge in [-0.1, -0.05) is 18.2 Å². The van der Waals surface area contributed by atoms with Gasteiger partial charge in [-0.15, -0.1) is 0 Å². The van der Waals surface area contributed by atoms with Crippen LogP contribution in [0.15, 0.2) is 29.1 Å². The van der Waals surface area contributed by atoms with E-state index in [1.54, 1.807) is 0 Å². The molecule has 2 aliphatic rings. The number of piperazine rings is 1. The van der Waals surface area contributed by atoms with Crippen molar-refractivity contribution in [2.45, 2.75) is 26.3 Å². The maximum atomic E-state index is 12.8. The van der Waals surface area contributed by atoms with Crippen LogP contribution in [0.5, 0.6) is 5.75 Å². The van der Waals surface area contributed by atoms with Crippen LogP contribution in [0.4, 0.5) is 5.95 Å². The van der Waals surface area contributed by atoms with Gasteiger partial charge in [0.25, 0.3) is 5.56 Å². The maximum Gasteiger partial charge on any atom is 0.255 e. The third-order valence-corrected chi connectivity index (χ3v) is 5.90. The maximum absolute atomic E-state index is 12.8. The smallest absolute Gasteiger partial charge is 0.255 e. The van der Waals surface area contributed by atoms with E-state index in [0.29, 0.717) is 6.61 Å². The fourth-order valence-electron chi connectivity index (χ4n) is 4.14. The number of likely N-dealkylation sites (N-methyl/N-ethyl adjacent to an activating group) is 1. The number of aromatic nitrogens is 2. The summed E-state index contributed by atoms with van der Waals surface area (Å²) in [6, 6.07) is 8.22. The largest absolute Gasteiger partial charge is 0.494 e. The summed E-state index contributed by atoms with van der Waals surface area (Å²) in [5.41, 5.74) is 3.03. The molecule has 0 atom stereocenters. The van der Waals surface area contributed by atoms with Crippen molar-refractivity contribution in [1.82, 2.24) is 19.8 Å². The van der Waals surface area contributed by atoms with E-state index in [4.69, 9.17) is 9.72 Å². The van der Waals surface area contributed by atoms with Gasteiger partial charge in [0.15, 0.2) is 0 Å². The van der Waals surface area contributed by atoms with Gasteiger partial charge in [-0.25, -0.2) is 4.98 Å². The number of para-hydroxylation sites is 1. The van der Waals surface area contributed by atoms with Crippen LogP contribution in [-0.2, 0) is 19.4 Å². The highest BCUT2D eigenvalue weighted by Crippen LogP contribution is 2.22. The molecule has 0 spiro atoms. The molecule has 7 heteroatoms. The van der Waals surface area contributed by atoms with Gasteiger partial charge in [0.1, 0.15) is 5.75 Å². The van der Waals surface area contributed by atoms with Crippen molar-refractivity contribution >= 4 is 5.95 Å². The van der Waals surface area contributed by atoms with Crippen molar-refractivity contribution < 1.29 is 4.74 Å². The number of H-pyrrole nitrogens is 1. The molecule has 0 aliphatic carbocycles. The fraction of sp³-hybridized carbons (Fsp3) is 0.545. The molecule has 2 aliphatic heterocycles. The predicted octanol–water partition coefficient (Wildman–Crippen LogP) is 1.52. The first-order valence-corrected chi connectivity index (χ1v) is 10.6. The Hall–Kier alpha value is -2.38. The monoisotopic (exact) mass is 397 g/mol. The van der Waals surface area contributed by atoms with Gasteiger partial charge < -0.3 is 14.5 Å².